The molecule has 2 unspecified atom stereocenters. The summed E-state index contributed by atoms with van der Waals surface area (Å²) in [6.45, 7) is 7.06. The number of thiophene rings is 1. The first-order chi connectivity index (χ1) is 7.13. The highest BCUT2D eigenvalue weighted by molar-refractivity contribution is 7.84. The molecule has 1 aromatic rings. The van der Waals surface area contributed by atoms with Gasteiger partial charge in [-0.2, -0.15) is 0 Å². The summed E-state index contributed by atoms with van der Waals surface area (Å²) in [6.07, 6.45) is 0. The lowest BCUT2D eigenvalue weighted by Gasteiger charge is -2.11. The van der Waals surface area contributed by atoms with Crippen molar-refractivity contribution in [3.8, 4) is 0 Å². The van der Waals surface area contributed by atoms with Crippen molar-refractivity contribution in [2.75, 3.05) is 18.1 Å². The third-order valence-corrected chi connectivity index (χ3v) is 4.78. The predicted octanol–water partition coefficient (Wildman–Crippen LogP) is 2.48. The largest absolute Gasteiger partial charge is 0.309 e. The zero-order valence-electron chi connectivity index (χ0n) is 9.58. The van der Waals surface area contributed by atoms with Gasteiger partial charge in [-0.05, 0) is 26.0 Å². The maximum atomic E-state index is 11.2. The van der Waals surface area contributed by atoms with Gasteiger partial charge in [0.05, 0.1) is 0 Å². The van der Waals surface area contributed by atoms with Gasteiger partial charge in [0.25, 0.3) is 0 Å². The highest BCUT2D eigenvalue weighted by atomic mass is 32.2. The molecule has 1 aromatic heterocycles. The van der Waals surface area contributed by atoms with Gasteiger partial charge in [0.2, 0.25) is 0 Å². The molecule has 0 aliphatic heterocycles. The number of rotatable bonds is 6. The topological polar surface area (TPSA) is 29.1 Å². The second-order valence-electron chi connectivity index (χ2n) is 3.56. The molecule has 0 spiro atoms. The molecule has 0 radical (unpaired) electrons. The van der Waals surface area contributed by atoms with Gasteiger partial charge >= 0.3 is 0 Å². The van der Waals surface area contributed by atoms with Crippen molar-refractivity contribution in [3.63, 3.8) is 0 Å². The molecule has 0 saturated carbocycles. The van der Waals surface area contributed by atoms with Crippen LogP contribution in [0.25, 0.3) is 0 Å². The van der Waals surface area contributed by atoms with Crippen LogP contribution in [0.4, 0.5) is 0 Å². The molecule has 0 saturated heterocycles. The Morgan fingerprint density at radius 2 is 2.27 bits per heavy atom. The lowest BCUT2D eigenvalue weighted by Crippen LogP contribution is -2.23. The molecule has 2 atom stereocenters. The first-order valence-electron chi connectivity index (χ1n) is 5.28. The Bertz CT molecular complexity index is 322. The van der Waals surface area contributed by atoms with Crippen molar-refractivity contribution in [2.45, 2.75) is 26.8 Å². The second kappa shape index (κ2) is 6.40. The van der Waals surface area contributed by atoms with Gasteiger partial charge in [-0.3, -0.25) is 4.21 Å². The van der Waals surface area contributed by atoms with E-state index in [1.165, 1.54) is 9.75 Å². The van der Waals surface area contributed by atoms with Crippen LogP contribution in [0.1, 0.15) is 29.6 Å². The summed E-state index contributed by atoms with van der Waals surface area (Å²) >= 11 is 1.82. The first kappa shape index (κ1) is 12.9. The van der Waals surface area contributed by atoms with E-state index in [0.29, 0.717) is 6.04 Å². The van der Waals surface area contributed by atoms with Crippen LogP contribution in [0.3, 0.4) is 0 Å². The minimum atomic E-state index is -0.654. The molecule has 0 fully saturated rings. The lowest BCUT2D eigenvalue weighted by atomic mass is 10.3. The van der Waals surface area contributed by atoms with Gasteiger partial charge in [0, 0.05) is 44.6 Å². The van der Waals surface area contributed by atoms with Crippen LogP contribution in [0, 0.1) is 6.92 Å². The third kappa shape index (κ3) is 4.45. The fourth-order valence-electron chi connectivity index (χ4n) is 1.32. The summed E-state index contributed by atoms with van der Waals surface area (Å²) in [4.78, 5) is 2.70. The Labute approximate surface area is 98.6 Å². The molecule has 1 heterocycles. The number of hydrogen-bond acceptors (Lipinski definition) is 3. The van der Waals surface area contributed by atoms with Crippen molar-refractivity contribution in [2.24, 2.45) is 0 Å². The van der Waals surface area contributed by atoms with Gasteiger partial charge < -0.3 is 5.32 Å². The van der Waals surface area contributed by atoms with Crippen molar-refractivity contribution < 1.29 is 4.21 Å². The molecular weight excluding hydrogens is 226 g/mol. The summed E-state index contributed by atoms with van der Waals surface area (Å²) in [5, 5.41) is 3.39. The fourth-order valence-corrected chi connectivity index (χ4v) is 2.86. The zero-order chi connectivity index (χ0) is 11.3. The molecule has 0 bridgehead atoms. The quantitative estimate of drug-likeness (QED) is 0.834. The molecule has 0 aliphatic rings. The Morgan fingerprint density at radius 3 is 2.80 bits per heavy atom. The Morgan fingerprint density at radius 1 is 1.53 bits per heavy atom. The van der Waals surface area contributed by atoms with E-state index < -0.39 is 10.8 Å². The second-order valence-corrected chi connectivity index (χ2v) is 6.74. The van der Waals surface area contributed by atoms with E-state index in [9.17, 15) is 4.21 Å². The molecule has 0 aliphatic carbocycles. The molecule has 2 nitrogen and oxygen atoms in total. The Kier molecular flexibility index (Phi) is 5.50. The van der Waals surface area contributed by atoms with E-state index in [1.807, 2.05) is 18.3 Å². The SMILES string of the molecule is CCS(=O)CCNC(C)c1ccc(C)s1. The molecule has 1 rings (SSSR count). The van der Waals surface area contributed by atoms with Crippen molar-refractivity contribution in [1.82, 2.24) is 5.32 Å². The highest BCUT2D eigenvalue weighted by Crippen LogP contribution is 2.21. The molecular formula is C11H19NOS2. The minimum absolute atomic E-state index is 0.373. The normalized spacial score (nSPS) is 15.1. The van der Waals surface area contributed by atoms with Crippen LogP contribution in [0.2, 0.25) is 0 Å². The van der Waals surface area contributed by atoms with Gasteiger partial charge in [-0.25, -0.2) is 0 Å². The molecule has 0 amide bonds. The van der Waals surface area contributed by atoms with E-state index in [0.717, 1.165) is 18.1 Å². The number of hydrogen-bond donors (Lipinski definition) is 1. The molecule has 15 heavy (non-hydrogen) atoms. The van der Waals surface area contributed by atoms with E-state index >= 15 is 0 Å². The maximum Gasteiger partial charge on any atom is 0.0386 e. The monoisotopic (exact) mass is 245 g/mol. The lowest BCUT2D eigenvalue weighted by molar-refractivity contribution is 0.605. The summed E-state index contributed by atoms with van der Waals surface area (Å²) in [7, 11) is -0.654. The van der Waals surface area contributed by atoms with Crippen LogP contribution in [-0.4, -0.2) is 22.3 Å². The average molecular weight is 245 g/mol. The van der Waals surface area contributed by atoms with E-state index in [4.69, 9.17) is 0 Å². The Balaban J connectivity index is 2.30. The number of nitrogens with one attached hydrogen (secondary N) is 1. The van der Waals surface area contributed by atoms with E-state index in [2.05, 4.69) is 31.3 Å². The molecule has 86 valence electrons. The third-order valence-electron chi connectivity index (χ3n) is 2.29. The number of aryl methyl sites for hydroxylation is 1. The van der Waals surface area contributed by atoms with Crippen LogP contribution in [0.5, 0.6) is 0 Å². The van der Waals surface area contributed by atoms with Gasteiger partial charge in [0.15, 0.2) is 0 Å². The molecule has 1 N–H and O–H groups in total. The maximum absolute atomic E-state index is 11.2. The molecule has 4 heteroatoms. The summed E-state index contributed by atoms with van der Waals surface area (Å²) in [5.41, 5.74) is 0. The van der Waals surface area contributed by atoms with Gasteiger partial charge in [-0.15, -0.1) is 11.3 Å². The van der Waals surface area contributed by atoms with Crippen LogP contribution < -0.4 is 5.32 Å². The Hall–Kier alpha value is -0.190. The summed E-state index contributed by atoms with van der Waals surface area (Å²) in [5.74, 6) is 1.51. The zero-order valence-corrected chi connectivity index (χ0v) is 11.2. The fraction of sp³-hybridized carbons (Fsp3) is 0.636. The van der Waals surface area contributed by atoms with Crippen LogP contribution in [0.15, 0.2) is 12.1 Å². The van der Waals surface area contributed by atoms with E-state index in [1.54, 1.807) is 0 Å². The minimum Gasteiger partial charge on any atom is -0.309 e. The van der Waals surface area contributed by atoms with Crippen molar-refractivity contribution in [1.29, 1.82) is 0 Å². The first-order valence-corrected chi connectivity index (χ1v) is 7.58. The highest BCUT2D eigenvalue weighted by Gasteiger charge is 2.06. The van der Waals surface area contributed by atoms with E-state index in [-0.39, 0.29) is 0 Å². The molecule has 0 aromatic carbocycles. The summed E-state index contributed by atoms with van der Waals surface area (Å²) < 4.78 is 11.2. The average Bonchev–Trinajstić information content (AvgIpc) is 2.64. The predicted molar refractivity (Wildman–Crippen MR) is 69.0 cm³/mol. The van der Waals surface area contributed by atoms with Crippen molar-refractivity contribution in [3.05, 3.63) is 21.9 Å². The van der Waals surface area contributed by atoms with Crippen LogP contribution >= 0.6 is 11.3 Å². The standard InChI is InChI=1S/C11H19NOS2/c1-4-15(13)8-7-12-10(3)11-6-5-9(2)14-11/h5-6,10,12H,4,7-8H2,1-3H3. The smallest absolute Gasteiger partial charge is 0.0386 e. The van der Waals surface area contributed by atoms with Crippen molar-refractivity contribution >= 4 is 22.1 Å². The van der Waals surface area contributed by atoms with Gasteiger partial charge in [-0.1, -0.05) is 6.92 Å². The van der Waals surface area contributed by atoms with Crippen LogP contribution in [-0.2, 0) is 10.8 Å². The van der Waals surface area contributed by atoms with Gasteiger partial charge in [0.1, 0.15) is 0 Å². The summed E-state index contributed by atoms with van der Waals surface area (Å²) in [6, 6.07) is 4.68.